The van der Waals surface area contributed by atoms with Gasteiger partial charge in [0.1, 0.15) is 5.82 Å². The molecule has 0 saturated carbocycles. The lowest BCUT2D eigenvalue weighted by Crippen LogP contribution is -2.23. The number of amides is 1. The Bertz CT molecular complexity index is 864. The molecule has 0 spiro atoms. The Hall–Kier alpha value is -2.85. The van der Waals surface area contributed by atoms with Crippen molar-refractivity contribution in [2.45, 2.75) is 19.9 Å². The fourth-order valence-electron chi connectivity index (χ4n) is 2.80. The van der Waals surface area contributed by atoms with E-state index in [-0.39, 0.29) is 5.91 Å². The van der Waals surface area contributed by atoms with Crippen molar-refractivity contribution < 1.29 is 4.79 Å². The third kappa shape index (κ3) is 5.56. The zero-order valence-electron chi connectivity index (χ0n) is 15.2. The first kappa shape index (κ1) is 18.9. The molecule has 0 saturated heterocycles. The minimum Gasteiger partial charge on any atom is -0.353 e. The first-order chi connectivity index (χ1) is 13.1. The summed E-state index contributed by atoms with van der Waals surface area (Å²) >= 11 is 5.87. The average molecular weight is 380 g/mol. The molecule has 0 aliphatic heterocycles. The molecule has 1 N–H and O–H groups in total. The average Bonchev–Trinajstić information content (AvgIpc) is 2.69. The Morgan fingerprint density at radius 3 is 2.37 bits per heavy atom. The molecule has 0 aliphatic rings. The second-order valence-corrected chi connectivity index (χ2v) is 6.69. The molecule has 27 heavy (non-hydrogen) atoms. The number of hydrogen-bond acceptors (Lipinski definition) is 3. The number of halogens is 1. The van der Waals surface area contributed by atoms with Crippen LogP contribution in [0.2, 0.25) is 5.02 Å². The van der Waals surface area contributed by atoms with E-state index in [4.69, 9.17) is 11.6 Å². The summed E-state index contributed by atoms with van der Waals surface area (Å²) < 4.78 is 0. The van der Waals surface area contributed by atoms with Crippen LogP contribution in [0.4, 0.5) is 11.5 Å². The van der Waals surface area contributed by atoms with Gasteiger partial charge in [-0.2, -0.15) is 0 Å². The molecule has 0 atom stereocenters. The van der Waals surface area contributed by atoms with Crippen LogP contribution in [0.5, 0.6) is 0 Å². The number of benzene rings is 2. The molecule has 0 aliphatic carbocycles. The predicted molar refractivity (Wildman–Crippen MR) is 111 cm³/mol. The summed E-state index contributed by atoms with van der Waals surface area (Å²) in [5.41, 5.74) is 2.84. The van der Waals surface area contributed by atoms with Gasteiger partial charge in [-0.15, -0.1) is 0 Å². The van der Waals surface area contributed by atoms with Crippen LogP contribution in [0.3, 0.4) is 0 Å². The minimum absolute atomic E-state index is 0.0801. The molecule has 1 amide bonds. The molecule has 3 aromatic rings. The van der Waals surface area contributed by atoms with Crippen molar-refractivity contribution in [1.29, 1.82) is 0 Å². The minimum atomic E-state index is -0.0801. The fourth-order valence-corrected chi connectivity index (χ4v) is 2.92. The number of aromatic nitrogens is 1. The molecular weight excluding hydrogens is 358 g/mol. The number of carbonyl (C=O) groups excluding carboxylic acids is 1. The highest BCUT2D eigenvalue weighted by molar-refractivity contribution is 6.30. The van der Waals surface area contributed by atoms with E-state index in [2.05, 4.69) is 34.3 Å². The van der Waals surface area contributed by atoms with Gasteiger partial charge < -0.3 is 10.2 Å². The molecule has 138 valence electrons. The Morgan fingerprint density at radius 1 is 1.00 bits per heavy atom. The van der Waals surface area contributed by atoms with E-state index < -0.39 is 0 Å². The molecule has 0 fully saturated rings. The molecule has 3 rings (SSSR count). The van der Waals surface area contributed by atoms with Crippen molar-refractivity contribution in [3.05, 3.63) is 89.1 Å². The summed E-state index contributed by atoms with van der Waals surface area (Å²) in [7, 11) is 0. The van der Waals surface area contributed by atoms with E-state index >= 15 is 0 Å². The third-order valence-electron chi connectivity index (χ3n) is 4.23. The van der Waals surface area contributed by atoms with Gasteiger partial charge in [0.25, 0.3) is 0 Å². The molecule has 0 bridgehead atoms. The molecular formula is C22H22ClN3O. The van der Waals surface area contributed by atoms with Gasteiger partial charge in [0.15, 0.2) is 0 Å². The first-order valence-corrected chi connectivity index (χ1v) is 9.31. The predicted octanol–water partition coefficient (Wildman–Crippen LogP) is 4.94. The molecule has 1 heterocycles. The van der Waals surface area contributed by atoms with Crippen LogP contribution in [0.15, 0.2) is 72.9 Å². The highest BCUT2D eigenvalue weighted by Gasteiger charge is 2.08. The Labute approximate surface area is 164 Å². The summed E-state index contributed by atoms with van der Waals surface area (Å²) in [6.45, 7) is 3.75. The molecule has 5 heteroatoms. The lowest BCUT2D eigenvalue weighted by Gasteiger charge is -2.22. The topological polar surface area (TPSA) is 45.2 Å². The van der Waals surface area contributed by atoms with Gasteiger partial charge in [0.05, 0.1) is 18.3 Å². The Morgan fingerprint density at radius 2 is 1.74 bits per heavy atom. The maximum absolute atomic E-state index is 12.2. The van der Waals surface area contributed by atoms with Gasteiger partial charge in [0, 0.05) is 18.1 Å². The van der Waals surface area contributed by atoms with E-state index in [1.54, 1.807) is 18.3 Å². The summed E-state index contributed by atoms with van der Waals surface area (Å²) in [4.78, 5) is 18.9. The number of pyridine rings is 1. The van der Waals surface area contributed by atoms with Crippen molar-refractivity contribution in [3.8, 4) is 0 Å². The summed E-state index contributed by atoms with van der Waals surface area (Å²) in [5.74, 6) is 0.806. The lowest BCUT2D eigenvalue weighted by atomic mass is 10.1. The van der Waals surface area contributed by atoms with Crippen LogP contribution in [0, 0.1) is 0 Å². The fraction of sp³-hybridized carbons (Fsp3) is 0.182. The van der Waals surface area contributed by atoms with Crippen molar-refractivity contribution in [1.82, 2.24) is 4.98 Å². The van der Waals surface area contributed by atoms with E-state index in [1.165, 1.54) is 5.56 Å². The highest BCUT2D eigenvalue weighted by atomic mass is 35.5. The maximum atomic E-state index is 12.2. The number of anilines is 2. The van der Waals surface area contributed by atoms with Crippen LogP contribution in [-0.4, -0.2) is 17.4 Å². The summed E-state index contributed by atoms with van der Waals surface area (Å²) in [5, 5.41) is 3.55. The van der Waals surface area contributed by atoms with Crippen molar-refractivity contribution in [3.63, 3.8) is 0 Å². The Kier molecular flexibility index (Phi) is 6.44. The monoisotopic (exact) mass is 379 g/mol. The zero-order chi connectivity index (χ0) is 19.1. The van der Waals surface area contributed by atoms with Crippen molar-refractivity contribution in [2.24, 2.45) is 0 Å². The first-order valence-electron chi connectivity index (χ1n) is 8.93. The van der Waals surface area contributed by atoms with Gasteiger partial charge in [-0.05, 0) is 42.3 Å². The number of nitrogens with one attached hydrogen (secondary N) is 1. The molecule has 1 aromatic heterocycles. The van der Waals surface area contributed by atoms with Gasteiger partial charge in [0.2, 0.25) is 5.91 Å². The van der Waals surface area contributed by atoms with Gasteiger partial charge >= 0.3 is 0 Å². The number of carbonyl (C=O) groups is 1. The van der Waals surface area contributed by atoms with Crippen LogP contribution < -0.4 is 10.2 Å². The lowest BCUT2D eigenvalue weighted by molar-refractivity contribution is -0.115. The van der Waals surface area contributed by atoms with Crippen LogP contribution in [0.25, 0.3) is 0 Å². The molecule has 0 unspecified atom stereocenters. The number of nitrogens with zero attached hydrogens (tertiary/aromatic N) is 2. The third-order valence-corrected chi connectivity index (χ3v) is 4.48. The number of rotatable bonds is 7. The van der Waals surface area contributed by atoms with Crippen LogP contribution in [0.1, 0.15) is 18.1 Å². The SMILES string of the molecule is CCN(Cc1ccccc1)c1ccc(NC(=O)Cc2ccc(Cl)cc2)cn1. The quantitative estimate of drug-likeness (QED) is 0.632. The van der Waals surface area contributed by atoms with Crippen molar-refractivity contribution in [2.75, 3.05) is 16.8 Å². The Balaban J connectivity index is 1.60. The maximum Gasteiger partial charge on any atom is 0.228 e. The number of hydrogen-bond donors (Lipinski definition) is 1. The standard InChI is InChI=1S/C22H22ClN3O/c1-2-26(16-18-6-4-3-5-7-18)21-13-12-20(15-24-21)25-22(27)14-17-8-10-19(23)11-9-17/h3-13,15H,2,14,16H2,1H3,(H,25,27). The second kappa shape index (κ2) is 9.19. The second-order valence-electron chi connectivity index (χ2n) is 6.26. The smallest absolute Gasteiger partial charge is 0.228 e. The summed E-state index contributed by atoms with van der Waals surface area (Å²) in [6.07, 6.45) is 2.00. The van der Waals surface area contributed by atoms with Crippen LogP contribution in [-0.2, 0) is 17.8 Å². The molecule has 2 aromatic carbocycles. The molecule has 4 nitrogen and oxygen atoms in total. The molecule has 0 radical (unpaired) electrons. The van der Waals surface area contributed by atoms with E-state index in [0.717, 1.165) is 24.5 Å². The van der Waals surface area contributed by atoms with Crippen molar-refractivity contribution >= 4 is 29.0 Å². The van der Waals surface area contributed by atoms with E-state index in [1.807, 2.05) is 42.5 Å². The van der Waals surface area contributed by atoms with E-state index in [9.17, 15) is 4.79 Å². The van der Waals surface area contributed by atoms with Crippen LogP contribution >= 0.6 is 11.6 Å². The normalized spacial score (nSPS) is 10.4. The van der Waals surface area contributed by atoms with E-state index in [0.29, 0.717) is 17.1 Å². The van der Waals surface area contributed by atoms with Gasteiger partial charge in [-0.1, -0.05) is 54.1 Å². The highest BCUT2D eigenvalue weighted by Crippen LogP contribution is 2.17. The largest absolute Gasteiger partial charge is 0.353 e. The van der Waals surface area contributed by atoms with Gasteiger partial charge in [-0.25, -0.2) is 4.98 Å². The van der Waals surface area contributed by atoms with Gasteiger partial charge in [-0.3, -0.25) is 4.79 Å². The zero-order valence-corrected chi connectivity index (χ0v) is 16.0. The summed E-state index contributed by atoms with van der Waals surface area (Å²) in [6, 6.07) is 21.4.